The van der Waals surface area contributed by atoms with Crippen LogP contribution in [0.15, 0.2) is 23.1 Å². The molecule has 0 bridgehead atoms. The van der Waals surface area contributed by atoms with Crippen molar-refractivity contribution in [3.8, 4) is 0 Å². The first-order chi connectivity index (χ1) is 8.84. The average Bonchev–Trinajstić information content (AvgIpc) is 2.66. The summed E-state index contributed by atoms with van der Waals surface area (Å²) in [6.45, 7) is 1.94. The Balaban J connectivity index is 2.62. The minimum atomic E-state index is -3.80. The maximum absolute atomic E-state index is 11.7. The lowest BCUT2D eigenvalue weighted by Crippen LogP contribution is -2.11. The number of ether oxygens (including phenoxy) is 1. The topological polar surface area (TPSA) is 112 Å². The third-order valence-corrected chi connectivity index (χ3v) is 4.56. The van der Waals surface area contributed by atoms with Gasteiger partial charge in [-0.05, 0) is 25.1 Å². The van der Waals surface area contributed by atoms with Gasteiger partial charge < -0.3 is 10.5 Å². The molecule has 4 N–H and O–H groups in total. The smallest absolute Gasteiger partial charge is 0.350 e. The number of hydrogen-bond acceptors (Lipinski definition) is 6. The van der Waals surface area contributed by atoms with Gasteiger partial charge in [-0.1, -0.05) is 0 Å². The van der Waals surface area contributed by atoms with Crippen molar-refractivity contribution >= 4 is 43.1 Å². The van der Waals surface area contributed by atoms with E-state index < -0.39 is 16.0 Å². The quantitative estimate of drug-likeness (QED) is 0.830. The summed E-state index contributed by atoms with van der Waals surface area (Å²) in [6.07, 6.45) is 0. The Bertz CT molecular complexity index is 749. The summed E-state index contributed by atoms with van der Waals surface area (Å²) in [6, 6.07) is 4.31. The van der Waals surface area contributed by atoms with Crippen molar-refractivity contribution in [1.29, 1.82) is 0 Å². The normalized spacial score (nSPS) is 11.7. The number of thiophene rings is 1. The summed E-state index contributed by atoms with van der Waals surface area (Å²) >= 11 is 1.16. The Morgan fingerprint density at radius 2 is 2.11 bits per heavy atom. The first-order valence-corrected chi connectivity index (χ1v) is 7.72. The molecule has 0 saturated carbocycles. The van der Waals surface area contributed by atoms with E-state index in [0.29, 0.717) is 10.1 Å². The van der Waals surface area contributed by atoms with Gasteiger partial charge in [0.25, 0.3) is 0 Å². The molecular formula is C11H12N2O4S2. The van der Waals surface area contributed by atoms with E-state index in [9.17, 15) is 13.2 Å². The molecule has 2 rings (SSSR count). The number of nitrogens with two attached hydrogens (primary N) is 2. The SMILES string of the molecule is CCOC(=O)c1sc2ccc(S(N)(=O)=O)cc2c1N. The molecule has 1 heterocycles. The van der Waals surface area contributed by atoms with Gasteiger partial charge in [-0.2, -0.15) is 0 Å². The molecule has 0 aliphatic heterocycles. The highest BCUT2D eigenvalue weighted by atomic mass is 32.2. The van der Waals surface area contributed by atoms with Gasteiger partial charge in [0.1, 0.15) is 4.88 Å². The first-order valence-electron chi connectivity index (χ1n) is 5.36. The zero-order chi connectivity index (χ0) is 14.2. The minimum absolute atomic E-state index is 0.0418. The largest absolute Gasteiger partial charge is 0.462 e. The number of carbonyl (C=O) groups excluding carboxylic acids is 1. The fourth-order valence-corrected chi connectivity index (χ4v) is 3.16. The van der Waals surface area contributed by atoms with Crippen LogP contribution in [0.25, 0.3) is 10.1 Å². The summed E-state index contributed by atoms with van der Waals surface area (Å²) in [4.78, 5) is 11.9. The van der Waals surface area contributed by atoms with Crippen molar-refractivity contribution in [2.24, 2.45) is 5.14 Å². The highest BCUT2D eigenvalue weighted by Crippen LogP contribution is 2.35. The molecule has 0 fully saturated rings. The lowest BCUT2D eigenvalue weighted by molar-refractivity contribution is 0.0533. The van der Waals surface area contributed by atoms with Crippen LogP contribution in [-0.4, -0.2) is 21.0 Å². The molecule has 0 spiro atoms. The van der Waals surface area contributed by atoms with E-state index in [1.165, 1.54) is 12.1 Å². The van der Waals surface area contributed by atoms with E-state index in [2.05, 4.69) is 0 Å². The molecule has 2 aromatic rings. The fourth-order valence-electron chi connectivity index (χ4n) is 1.62. The van der Waals surface area contributed by atoms with Crippen LogP contribution in [0.4, 0.5) is 5.69 Å². The van der Waals surface area contributed by atoms with Gasteiger partial charge >= 0.3 is 5.97 Å². The van der Waals surface area contributed by atoms with Crippen LogP contribution >= 0.6 is 11.3 Å². The van der Waals surface area contributed by atoms with Gasteiger partial charge in [0, 0.05) is 10.1 Å². The summed E-state index contributed by atoms with van der Waals surface area (Å²) in [7, 11) is -3.80. The Morgan fingerprint density at radius 3 is 2.68 bits per heavy atom. The number of fused-ring (bicyclic) bond motifs is 1. The van der Waals surface area contributed by atoms with Gasteiger partial charge in [0.05, 0.1) is 17.2 Å². The molecule has 0 amide bonds. The summed E-state index contributed by atoms with van der Waals surface area (Å²) in [5.74, 6) is -0.515. The van der Waals surface area contributed by atoms with E-state index in [1.807, 2.05) is 0 Å². The van der Waals surface area contributed by atoms with Crippen molar-refractivity contribution in [1.82, 2.24) is 0 Å². The lowest BCUT2D eigenvalue weighted by Gasteiger charge is -2.00. The number of hydrogen-bond donors (Lipinski definition) is 2. The van der Waals surface area contributed by atoms with Gasteiger partial charge in [-0.25, -0.2) is 18.4 Å². The van der Waals surface area contributed by atoms with Crippen LogP contribution in [0.5, 0.6) is 0 Å². The summed E-state index contributed by atoms with van der Waals surface area (Å²) in [5.41, 5.74) is 6.07. The highest BCUT2D eigenvalue weighted by molar-refractivity contribution is 7.89. The number of rotatable bonds is 3. The van der Waals surface area contributed by atoms with E-state index in [0.717, 1.165) is 11.3 Å². The second-order valence-corrected chi connectivity index (χ2v) is 6.38. The van der Waals surface area contributed by atoms with Gasteiger partial charge in [-0.3, -0.25) is 0 Å². The Hall–Kier alpha value is -1.64. The minimum Gasteiger partial charge on any atom is -0.462 e. The molecule has 1 aromatic heterocycles. The van der Waals surface area contributed by atoms with E-state index in [4.69, 9.17) is 15.6 Å². The molecule has 6 nitrogen and oxygen atoms in total. The molecule has 0 aliphatic carbocycles. The standard InChI is InChI=1S/C11H12N2O4S2/c1-2-17-11(14)10-9(12)7-5-6(19(13,15)16)3-4-8(7)18-10/h3-5H,2,12H2,1H3,(H2,13,15,16). The van der Waals surface area contributed by atoms with Crippen LogP contribution in [0.2, 0.25) is 0 Å². The van der Waals surface area contributed by atoms with Crippen LogP contribution < -0.4 is 10.9 Å². The van der Waals surface area contributed by atoms with Crippen LogP contribution in [0.3, 0.4) is 0 Å². The predicted molar refractivity (Wildman–Crippen MR) is 73.6 cm³/mol. The first kappa shape index (κ1) is 13.8. The molecule has 0 saturated heterocycles. The van der Waals surface area contributed by atoms with Crippen LogP contribution in [-0.2, 0) is 14.8 Å². The second kappa shape index (κ2) is 4.80. The predicted octanol–water partition coefficient (Wildman–Crippen LogP) is 1.31. The van der Waals surface area contributed by atoms with Crippen molar-refractivity contribution in [2.45, 2.75) is 11.8 Å². The monoisotopic (exact) mass is 300 g/mol. The van der Waals surface area contributed by atoms with E-state index >= 15 is 0 Å². The zero-order valence-corrected chi connectivity index (χ0v) is 11.7. The molecule has 0 atom stereocenters. The number of primary sulfonamides is 1. The highest BCUT2D eigenvalue weighted by Gasteiger charge is 2.19. The molecule has 0 aliphatic rings. The van der Waals surface area contributed by atoms with Crippen molar-refractivity contribution in [3.63, 3.8) is 0 Å². The van der Waals surface area contributed by atoms with Crippen LogP contribution in [0.1, 0.15) is 16.6 Å². The number of anilines is 1. The molecule has 1 aromatic carbocycles. The van der Waals surface area contributed by atoms with E-state index in [1.54, 1.807) is 13.0 Å². The number of carbonyl (C=O) groups is 1. The Morgan fingerprint density at radius 1 is 1.42 bits per heavy atom. The van der Waals surface area contributed by atoms with Crippen molar-refractivity contribution in [2.75, 3.05) is 12.3 Å². The van der Waals surface area contributed by atoms with E-state index in [-0.39, 0.29) is 22.1 Å². The molecule has 19 heavy (non-hydrogen) atoms. The molecule has 102 valence electrons. The number of esters is 1. The number of nitrogen functional groups attached to an aromatic ring is 1. The molecule has 0 unspecified atom stereocenters. The third-order valence-electron chi connectivity index (χ3n) is 2.49. The number of benzene rings is 1. The Labute approximate surface area is 114 Å². The summed E-state index contributed by atoms with van der Waals surface area (Å²) < 4.78 is 28.1. The maximum atomic E-state index is 11.7. The molecule has 8 heteroatoms. The third kappa shape index (κ3) is 2.55. The lowest BCUT2D eigenvalue weighted by atomic mass is 10.2. The zero-order valence-electron chi connectivity index (χ0n) is 10.0. The maximum Gasteiger partial charge on any atom is 0.350 e. The fraction of sp³-hybridized carbons (Fsp3) is 0.182. The van der Waals surface area contributed by atoms with Crippen molar-refractivity contribution in [3.05, 3.63) is 23.1 Å². The van der Waals surface area contributed by atoms with Crippen molar-refractivity contribution < 1.29 is 17.9 Å². The second-order valence-electron chi connectivity index (χ2n) is 3.77. The average molecular weight is 300 g/mol. The number of sulfonamides is 1. The molecule has 0 radical (unpaired) electrons. The van der Waals surface area contributed by atoms with Gasteiger partial charge in [-0.15, -0.1) is 11.3 Å². The van der Waals surface area contributed by atoms with Gasteiger partial charge in [0.15, 0.2) is 0 Å². The Kier molecular flexibility index (Phi) is 3.48. The van der Waals surface area contributed by atoms with Gasteiger partial charge in [0.2, 0.25) is 10.0 Å². The summed E-state index contributed by atoms with van der Waals surface area (Å²) in [5, 5.41) is 5.54. The van der Waals surface area contributed by atoms with Crippen LogP contribution in [0, 0.1) is 0 Å². The molecular weight excluding hydrogens is 288 g/mol.